The van der Waals surface area contributed by atoms with Crippen molar-refractivity contribution in [1.29, 1.82) is 5.26 Å². The van der Waals surface area contributed by atoms with Crippen LogP contribution in [-0.2, 0) is 28.5 Å². The Hall–Kier alpha value is -1.19. The first kappa shape index (κ1) is 36.0. The molecule has 1 unspecified atom stereocenters. The third-order valence-electron chi connectivity index (χ3n) is 4.25. The van der Waals surface area contributed by atoms with Crippen molar-refractivity contribution in [3.05, 3.63) is 12.2 Å². The van der Waals surface area contributed by atoms with Crippen LogP contribution in [0, 0.1) is 16.6 Å². The molecule has 1 atom stereocenters. The first-order valence-electron chi connectivity index (χ1n) is 12.5. The SMILES string of the molecule is CC.CNCCOCCOCCC(C)(OCCOCCOCCC(=O)NC/C=C/C(C)C)SC#N. The molecular weight excluding hydrogens is 470 g/mol. The van der Waals surface area contributed by atoms with E-state index in [0.717, 1.165) is 18.3 Å². The van der Waals surface area contributed by atoms with Crippen molar-refractivity contribution in [3.63, 3.8) is 0 Å². The maximum Gasteiger partial charge on any atom is 0.222 e. The number of nitriles is 1. The quantitative estimate of drug-likeness (QED) is 0.0908. The molecule has 9 nitrogen and oxygen atoms in total. The smallest absolute Gasteiger partial charge is 0.222 e. The molecule has 0 rings (SSSR count). The van der Waals surface area contributed by atoms with Gasteiger partial charge in [0.05, 0.1) is 59.5 Å². The highest BCUT2D eigenvalue weighted by atomic mass is 32.2. The Balaban J connectivity index is 0. The highest BCUT2D eigenvalue weighted by Crippen LogP contribution is 2.29. The molecule has 0 fully saturated rings. The second kappa shape index (κ2) is 27.4. The van der Waals surface area contributed by atoms with Gasteiger partial charge >= 0.3 is 0 Å². The molecule has 0 saturated carbocycles. The van der Waals surface area contributed by atoms with Gasteiger partial charge in [0.1, 0.15) is 10.3 Å². The van der Waals surface area contributed by atoms with Gasteiger partial charge in [-0.25, -0.2) is 0 Å². The fraction of sp³-hybridized carbons (Fsp3) is 0.840. The molecule has 0 aromatic rings. The van der Waals surface area contributed by atoms with Gasteiger partial charge in [0, 0.05) is 25.9 Å². The number of thiocyanates is 1. The zero-order valence-corrected chi connectivity index (χ0v) is 23.5. The first-order valence-corrected chi connectivity index (χ1v) is 13.3. The number of ether oxygens (including phenoxy) is 5. The van der Waals surface area contributed by atoms with Gasteiger partial charge in [0.15, 0.2) is 0 Å². The van der Waals surface area contributed by atoms with E-state index < -0.39 is 4.93 Å². The van der Waals surface area contributed by atoms with Crippen LogP contribution in [0.4, 0.5) is 0 Å². The summed E-state index contributed by atoms with van der Waals surface area (Å²) in [5.41, 5.74) is 0. The van der Waals surface area contributed by atoms with E-state index in [9.17, 15) is 4.79 Å². The number of nitrogens with zero attached hydrogens (tertiary/aromatic N) is 1. The van der Waals surface area contributed by atoms with Crippen LogP contribution in [0.1, 0.15) is 47.5 Å². The Morgan fingerprint density at radius 1 is 0.971 bits per heavy atom. The van der Waals surface area contributed by atoms with E-state index in [1.807, 2.05) is 33.9 Å². The van der Waals surface area contributed by atoms with Crippen LogP contribution >= 0.6 is 11.8 Å². The van der Waals surface area contributed by atoms with Crippen LogP contribution in [-0.4, -0.2) is 90.4 Å². The zero-order valence-electron chi connectivity index (χ0n) is 22.7. The molecule has 0 aliphatic heterocycles. The van der Waals surface area contributed by atoms with Gasteiger partial charge in [0.2, 0.25) is 5.91 Å². The van der Waals surface area contributed by atoms with Gasteiger partial charge in [-0.1, -0.05) is 39.8 Å². The molecule has 10 heteroatoms. The summed E-state index contributed by atoms with van der Waals surface area (Å²) in [4.78, 5) is 11.0. The van der Waals surface area contributed by atoms with E-state index in [1.54, 1.807) is 0 Å². The summed E-state index contributed by atoms with van der Waals surface area (Å²) in [6, 6.07) is 0. The van der Waals surface area contributed by atoms with Crippen molar-refractivity contribution in [1.82, 2.24) is 10.6 Å². The third kappa shape index (κ3) is 27.2. The van der Waals surface area contributed by atoms with Crippen molar-refractivity contribution < 1.29 is 28.5 Å². The Morgan fingerprint density at radius 2 is 1.54 bits per heavy atom. The number of allylic oxidation sites excluding steroid dienone is 1. The molecule has 0 saturated heterocycles. The number of nitrogens with one attached hydrogen (secondary N) is 2. The van der Waals surface area contributed by atoms with Crippen LogP contribution in [0.25, 0.3) is 0 Å². The topological polar surface area (TPSA) is 111 Å². The largest absolute Gasteiger partial charge is 0.379 e. The number of hydrogen-bond acceptors (Lipinski definition) is 9. The van der Waals surface area contributed by atoms with Gasteiger partial charge < -0.3 is 34.3 Å². The lowest BCUT2D eigenvalue weighted by molar-refractivity contribution is -0.122. The number of rotatable bonds is 23. The molecule has 0 aliphatic carbocycles. The second-order valence-electron chi connectivity index (χ2n) is 7.70. The average molecular weight is 520 g/mol. The number of likely N-dealkylation sites (N-methyl/N-ethyl adjacent to an activating group) is 1. The lowest BCUT2D eigenvalue weighted by Crippen LogP contribution is -2.28. The Kier molecular flexibility index (Phi) is 28.2. The summed E-state index contributed by atoms with van der Waals surface area (Å²) in [5, 5.41) is 17.0. The molecule has 2 N–H and O–H groups in total. The van der Waals surface area contributed by atoms with E-state index >= 15 is 0 Å². The number of carbonyl (C=O) groups excluding carboxylic acids is 1. The van der Waals surface area contributed by atoms with Gasteiger partial charge in [-0.15, -0.1) is 0 Å². The summed E-state index contributed by atoms with van der Waals surface area (Å²) in [7, 11) is 1.88. The lowest BCUT2D eigenvalue weighted by atomic mass is 10.2. The van der Waals surface area contributed by atoms with Gasteiger partial charge in [-0.3, -0.25) is 4.79 Å². The van der Waals surface area contributed by atoms with Crippen molar-refractivity contribution >= 4 is 17.7 Å². The minimum Gasteiger partial charge on any atom is -0.379 e. The van der Waals surface area contributed by atoms with Crippen LogP contribution in [0.2, 0.25) is 0 Å². The van der Waals surface area contributed by atoms with Crippen LogP contribution in [0.3, 0.4) is 0 Å². The molecule has 0 aromatic carbocycles. The molecule has 1 amide bonds. The summed E-state index contributed by atoms with van der Waals surface area (Å²) >= 11 is 1.08. The first-order chi connectivity index (χ1) is 16.9. The van der Waals surface area contributed by atoms with Crippen LogP contribution < -0.4 is 10.6 Å². The molecular formula is C25H49N3O6S. The molecule has 0 aromatic heterocycles. The summed E-state index contributed by atoms with van der Waals surface area (Å²) in [5.74, 6) is 0.449. The summed E-state index contributed by atoms with van der Waals surface area (Å²) in [6.07, 6.45) is 4.92. The van der Waals surface area contributed by atoms with E-state index in [4.69, 9.17) is 28.9 Å². The van der Waals surface area contributed by atoms with E-state index in [-0.39, 0.29) is 5.91 Å². The molecule has 0 radical (unpaired) electrons. The Labute approximate surface area is 217 Å². The minimum atomic E-state index is -0.653. The fourth-order valence-electron chi connectivity index (χ4n) is 2.41. The molecule has 0 aliphatic rings. The second-order valence-corrected chi connectivity index (χ2v) is 8.96. The maximum atomic E-state index is 11.7. The van der Waals surface area contributed by atoms with Crippen LogP contribution in [0.15, 0.2) is 12.2 Å². The third-order valence-corrected chi connectivity index (χ3v) is 5.09. The minimum absolute atomic E-state index is 0.0303. The van der Waals surface area contributed by atoms with Crippen molar-refractivity contribution in [2.75, 3.05) is 79.6 Å². The number of thioether (sulfide) groups is 1. The summed E-state index contributed by atoms with van der Waals surface area (Å²) < 4.78 is 27.7. The van der Waals surface area contributed by atoms with E-state index in [0.29, 0.717) is 84.8 Å². The van der Waals surface area contributed by atoms with E-state index in [2.05, 4.69) is 36.0 Å². The molecule has 0 bridgehead atoms. The molecule has 0 spiro atoms. The normalized spacial score (nSPS) is 12.7. The fourth-order valence-corrected chi connectivity index (χ4v) is 2.93. The Morgan fingerprint density at radius 3 is 2.14 bits per heavy atom. The monoisotopic (exact) mass is 519 g/mol. The number of hydrogen-bond donors (Lipinski definition) is 2. The van der Waals surface area contributed by atoms with Crippen LogP contribution in [0.5, 0.6) is 0 Å². The highest BCUT2D eigenvalue weighted by molar-refractivity contribution is 8.04. The standard InChI is InChI=1S/C23H43N3O6S.C2H6/c1-21(2)6-5-9-26-22(27)7-11-28-14-17-31-18-19-32-23(3,33-20-24)8-12-29-15-16-30-13-10-25-4;1-2/h5-6,21,25H,7-19H2,1-4H3,(H,26,27);1-2H3/b6-5+;. The predicted octanol–water partition coefficient (Wildman–Crippen LogP) is 3.35. The Bertz CT molecular complexity index is 546. The lowest BCUT2D eigenvalue weighted by Gasteiger charge is -2.26. The number of carbonyl (C=O) groups is 1. The predicted molar refractivity (Wildman–Crippen MR) is 142 cm³/mol. The van der Waals surface area contributed by atoms with Gasteiger partial charge in [-0.05, 0) is 31.7 Å². The zero-order chi connectivity index (χ0) is 26.6. The van der Waals surface area contributed by atoms with E-state index in [1.165, 1.54) is 0 Å². The molecule has 35 heavy (non-hydrogen) atoms. The van der Waals surface area contributed by atoms with Gasteiger partial charge in [-0.2, -0.15) is 5.26 Å². The van der Waals surface area contributed by atoms with Crippen molar-refractivity contribution in [3.8, 4) is 5.40 Å². The van der Waals surface area contributed by atoms with Crippen molar-refractivity contribution in [2.24, 2.45) is 5.92 Å². The average Bonchev–Trinajstić information content (AvgIpc) is 2.84. The molecule has 206 valence electrons. The molecule has 0 heterocycles. The summed E-state index contributed by atoms with van der Waals surface area (Å²) in [6.45, 7) is 15.5. The number of amides is 1. The maximum absolute atomic E-state index is 11.7. The van der Waals surface area contributed by atoms with Gasteiger partial charge in [0.25, 0.3) is 0 Å². The van der Waals surface area contributed by atoms with Crippen molar-refractivity contribution in [2.45, 2.75) is 52.4 Å². The highest BCUT2D eigenvalue weighted by Gasteiger charge is 2.26.